The van der Waals surface area contributed by atoms with Crippen LogP contribution in [0.5, 0.6) is 0 Å². The summed E-state index contributed by atoms with van der Waals surface area (Å²) < 4.78 is 20.4. The maximum absolute atomic E-state index is 13.1. The smallest absolute Gasteiger partial charge is 0.168 e. The first-order valence-corrected chi connectivity index (χ1v) is 8.57. The number of hydrogen-bond donors (Lipinski definition) is 1. The third kappa shape index (κ3) is 3.76. The molecule has 1 aliphatic rings. The van der Waals surface area contributed by atoms with Gasteiger partial charge in [-0.1, -0.05) is 0 Å². The van der Waals surface area contributed by atoms with Crippen LogP contribution in [0.3, 0.4) is 0 Å². The van der Waals surface area contributed by atoms with Crippen molar-refractivity contribution in [2.75, 3.05) is 25.1 Å². The van der Waals surface area contributed by atoms with E-state index in [1.165, 1.54) is 31.3 Å². The van der Waals surface area contributed by atoms with E-state index < -0.39 is 0 Å². The number of nitrogens with one attached hydrogen (secondary N) is 1. The SMILES string of the molecule is Fc1ccc(-n2ncc3c(NCCCOCC4CC4)ncnc32)cc1. The summed E-state index contributed by atoms with van der Waals surface area (Å²) in [5.41, 5.74) is 1.45. The van der Waals surface area contributed by atoms with Crippen LogP contribution in [0.4, 0.5) is 10.2 Å². The maximum atomic E-state index is 13.1. The predicted molar refractivity (Wildman–Crippen MR) is 93.3 cm³/mol. The number of nitrogens with zero attached hydrogens (tertiary/aromatic N) is 4. The van der Waals surface area contributed by atoms with Crippen molar-refractivity contribution in [3.8, 4) is 5.69 Å². The van der Waals surface area contributed by atoms with Crippen LogP contribution in [0.2, 0.25) is 0 Å². The number of fused-ring (bicyclic) bond motifs is 1. The van der Waals surface area contributed by atoms with E-state index in [0.717, 1.165) is 49.0 Å². The standard InChI is InChI=1S/C18H20FN5O/c19-14-4-6-15(7-5-14)24-18-16(10-23-24)17(21-12-22-18)20-8-1-9-25-11-13-2-3-13/h4-7,10,12-13H,1-3,8-9,11H2,(H,20,21,22). The zero-order valence-electron chi connectivity index (χ0n) is 13.9. The lowest BCUT2D eigenvalue weighted by molar-refractivity contribution is 0.124. The third-order valence-electron chi connectivity index (χ3n) is 4.25. The Balaban J connectivity index is 1.42. The molecule has 1 fully saturated rings. The molecule has 130 valence electrons. The van der Waals surface area contributed by atoms with Gasteiger partial charge in [0.05, 0.1) is 17.3 Å². The molecule has 0 amide bonds. The van der Waals surface area contributed by atoms with Gasteiger partial charge in [-0.15, -0.1) is 0 Å². The number of benzene rings is 1. The van der Waals surface area contributed by atoms with Crippen LogP contribution < -0.4 is 5.32 Å². The molecule has 0 aliphatic heterocycles. The zero-order chi connectivity index (χ0) is 17.1. The lowest BCUT2D eigenvalue weighted by Crippen LogP contribution is -2.08. The van der Waals surface area contributed by atoms with Crippen LogP contribution in [0.15, 0.2) is 36.8 Å². The molecule has 4 rings (SSSR count). The number of anilines is 1. The zero-order valence-corrected chi connectivity index (χ0v) is 13.9. The summed E-state index contributed by atoms with van der Waals surface area (Å²) in [6, 6.07) is 6.16. The Labute approximate surface area is 145 Å². The highest BCUT2D eigenvalue weighted by Gasteiger charge is 2.20. The molecule has 1 saturated carbocycles. The Morgan fingerprint density at radius 3 is 2.84 bits per heavy atom. The van der Waals surface area contributed by atoms with Gasteiger partial charge in [0.2, 0.25) is 0 Å². The van der Waals surface area contributed by atoms with Crippen molar-refractivity contribution in [2.45, 2.75) is 19.3 Å². The van der Waals surface area contributed by atoms with Gasteiger partial charge < -0.3 is 10.1 Å². The maximum Gasteiger partial charge on any atom is 0.168 e. The average molecular weight is 341 g/mol. The summed E-state index contributed by atoms with van der Waals surface area (Å²) in [6.07, 6.45) is 6.79. The van der Waals surface area contributed by atoms with E-state index in [1.807, 2.05) is 0 Å². The molecule has 2 aromatic heterocycles. The monoisotopic (exact) mass is 341 g/mol. The molecule has 0 atom stereocenters. The van der Waals surface area contributed by atoms with Crippen LogP contribution in [0, 0.1) is 11.7 Å². The van der Waals surface area contributed by atoms with Gasteiger partial charge >= 0.3 is 0 Å². The van der Waals surface area contributed by atoms with E-state index in [0.29, 0.717) is 5.65 Å². The Bertz CT molecular complexity index is 844. The van der Waals surface area contributed by atoms with Crippen molar-refractivity contribution in [3.05, 3.63) is 42.6 Å². The Kier molecular flexibility index (Phi) is 4.56. The van der Waals surface area contributed by atoms with Gasteiger partial charge in [-0.3, -0.25) is 0 Å². The number of rotatable bonds is 8. The quantitative estimate of drug-likeness (QED) is 0.638. The highest BCUT2D eigenvalue weighted by atomic mass is 19.1. The first kappa shape index (κ1) is 16.0. The van der Waals surface area contributed by atoms with Gasteiger partial charge in [-0.25, -0.2) is 19.0 Å². The van der Waals surface area contributed by atoms with E-state index in [4.69, 9.17) is 4.74 Å². The van der Waals surface area contributed by atoms with Gasteiger partial charge in [0.25, 0.3) is 0 Å². The fraction of sp³-hybridized carbons (Fsp3) is 0.389. The number of hydrogen-bond acceptors (Lipinski definition) is 5. The highest BCUT2D eigenvalue weighted by molar-refractivity contribution is 5.87. The summed E-state index contributed by atoms with van der Waals surface area (Å²) >= 11 is 0. The summed E-state index contributed by atoms with van der Waals surface area (Å²) in [5, 5.41) is 8.53. The normalized spacial score (nSPS) is 14.1. The lowest BCUT2D eigenvalue weighted by Gasteiger charge is -2.07. The Hall–Kier alpha value is -2.54. The Morgan fingerprint density at radius 1 is 1.20 bits per heavy atom. The molecule has 3 aromatic rings. The molecular formula is C18H20FN5O. The van der Waals surface area contributed by atoms with Crippen molar-refractivity contribution in [3.63, 3.8) is 0 Å². The van der Waals surface area contributed by atoms with E-state index in [-0.39, 0.29) is 5.82 Å². The van der Waals surface area contributed by atoms with Crippen LogP contribution in [0.25, 0.3) is 16.7 Å². The topological polar surface area (TPSA) is 64.9 Å². The van der Waals surface area contributed by atoms with E-state index >= 15 is 0 Å². The van der Waals surface area contributed by atoms with E-state index in [1.54, 1.807) is 23.0 Å². The van der Waals surface area contributed by atoms with E-state index in [9.17, 15) is 4.39 Å². The first-order valence-electron chi connectivity index (χ1n) is 8.57. The molecule has 7 heteroatoms. The minimum Gasteiger partial charge on any atom is -0.381 e. The van der Waals surface area contributed by atoms with Crippen molar-refractivity contribution in [1.29, 1.82) is 0 Å². The van der Waals surface area contributed by atoms with E-state index in [2.05, 4.69) is 20.4 Å². The molecule has 1 aliphatic carbocycles. The fourth-order valence-corrected chi connectivity index (χ4v) is 2.67. The van der Waals surface area contributed by atoms with Crippen molar-refractivity contribution >= 4 is 16.9 Å². The molecule has 0 saturated heterocycles. The minimum absolute atomic E-state index is 0.277. The summed E-state index contributed by atoms with van der Waals surface area (Å²) in [6.45, 7) is 2.42. The van der Waals surface area contributed by atoms with Crippen LogP contribution in [-0.2, 0) is 4.74 Å². The van der Waals surface area contributed by atoms with Gasteiger partial charge in [0.15, 0.2) is 5.65 Å². The summed E-state index contributed by atoms with van der Waals surface area (Å²) in [4.78, 5) is 8.62. The van der Waals surface area contributed by atoms with Gasteiger partial charge in [-0.2, -0.15) is 5.10 Å². The third-order valence-corrected chi connectivity index (χ3v) is 4.25. The fourth-order valence-electron chi connectivity index (χ4n) is 2.67. The van der Waals surface area contributed by atoms with Crippen molar-refractivity contribution < 1.29 is 9.13 Å². The van der Waals surface area contributed by atoms with Crippen molar-refractivity contribution in [1.82, 2.24) is 19.7 Å². The largest absolute Gasteiger partial charge is 0.381 e. The second-order valence-corrected chi connectivity index (χ2v) is 6.29. The molecule has 0 bridgehead atoms. The first-order chi connectivity index (χ1) is 12.3. The molecule has 0 unspecified atom stereocenters. The second kappa shape index (κ2) is 7.14. The summed E-state index contributed by atoms with van der Waals surface area (Å²) in [5.74, 6) is 1.27. The molecule has 0 spiro atoms. The molecule has 1 aromatic carbocycles. The minimum atomic E-state index is -0.277. The highest BCUT2D eigenvalue weighted by Crippen LogP contribution is 2.28. The van der Waals surface area contributed by atoms with Crippen LogP contribution in [0.1, 0.15) is 19.3 Å². The van der Waals surface area contributed by atoms with Gasteiger partial charge in [0, 0.05) is 19.8 Å². The molecule has 25 heavy (non-hydrogen) atoms. The molecular weight excluding hydrogens is 321 g/mol. The molecule has 1 N–H and O–H groups in total. The van der Waals surface area contributed by atoms with Crippen molar-refractivity contribution in [2.24, 2.45) is 5.92 Å². The molecule has 2 heterocycles. The average Bonchev–Trinajstić information content (AvgIpc) is 3.35. The summed E-state index contributed by atoms with van der Waals surface area (Å²) in [7, 11) is 0. The molecule has 0 radical (unpaired) electrons. The Morgan fingerprint density at radius 2 is 2.04 bits per heavy atom. The van der Waals surface area contributed by atoms with Gasteiger partial charge in [-0.05, 0) is 49.4 Å². The van der Waals surface area contributed by atoms with Crippen LogP contribution in [-0.4, -0.2) is 39.5 Å². The molecule has 6 nitrogen and oxygen atoms in total. The second-order valence-electron chi connectivity index (χ2n) is 6.29. The van der Waals surface area contributed by atoms with Crippen LogP contribution >= 0.6 is 0 Å². The number of ether oxygens (including phenoxy) is 1. The number of aromatic nitrogens is 4. The predicted octanol–water partition coefficient (Wildman–Crippen LogP) is 3.18. The van der Waals surface area contributed by atoms with Gasteiger partial charge in [0.1, 0.15) is 18.0 Å². The lowest BCUT2D eigenvalue weighted by atomic mass is 10.3. The number of halogens is 1.